The van der Waals surface area contributed by atoms with Crippen LogP contribution in [0, 0.1) is 0 Å². The molecule has 2 aromatic heterocycles. The van der Waals surface area contributed by atoms with Gasteiger partial charge in [-0.1, -0.05) is 11.6 Å². The highest BCUT2D eigenvalue weighted by molar-refractivity contribution is 7.14. The number of rotatable bonds is 2. The Labute approximate surface area is 89.4 Å². The van der Waals surface area contributed by atoms with Gasteiger partial charge in [0.05, 0.1) is 11.8 Å². The minimum Gasteiger partial charge on any atom is -0.287 e. The van der Waals surface area contributed by atoms with Gasteiger partial charge in [-0.05, 0) is 11.4 Å². The Morgan fingerprint density at radius 1 is 1.43 bits per heavy atom. The summed E-state index contributed by atoms with van der Waals surface area (Å²) in [7, 11) is 0. The second-order valence-corrected chi connectivity index (χ2v) is 4.05. The zero-order valence-corrected chi connectivity index (χ0v) is 8.55. The highest BCUT2D eigenvalue weighted by atomic mass is 35.5. The molecule has 14 heavy (non-hydrogen) atoms. The molecule has 0 unspecified atom stereocenters. The van der Waals surface area contributed by atoms with Crippen molar-refractivity contribution in [2.75, 3.05) is 0 Å². The first-order valence-corrected chi connectivity index (χ1v) is 5.08. The second-order valence-electron chi connectivity index (χ2n) is 2.53. The Kier molecular flexibility index (Phi) is 2.56. The van der Waals surface area contributed by atoms with Crippen LogP contribution in [-0.4, -0.2) is 15.8 Å². The van der Waals surface area contributed by atoms with Crippen molar-refractivity contribution in [2.24, 2.45) is 0 Å². The highest BCUT2D eigenvalue weighted by Crippen LogP contribution is 2.24. The number of carbonyl (C=O) groups is 1. The maximum Gasteiger partial charge on any atom is 0.215 e. The summed E-state index contributed by atoms with van der Waals surface area (Å²) >= 11 is 7.16. The summed E-state index contributed by atoms with van der Waals surface area (Å²) in [5.41, 5.74) is 0.796. The molecular formula is C9H5ClN2OS. The van der Waals surface area contributed by atoms with E-state index in [0.717, 1.165) is 0 Å². The highest BCUT2D eigenvalue weighted by Gasteiger charge is 2.14. The normalized spacial score (nSPS) is 10.1. The van der Waals surface area contributed by atoms with Crippen LogP contribution in [0.4, 0.5) is 0 Å². The van der Waals surface area contributed by atoms with E-state index < -0.39 is 0 Å². The van der Waals surface area contributed by atoms with E-state index in [9.17, 15) is 4.79 Å². The zero-order chi connectivity index (χ0) is 9.97. The van der Waals surface area contributed by atoms with E-state index in [1.54, 1.807) is 11.4 Å². The molecule has 2 rings (SSSR count). The Morgan fingerprint density at radius 3 is 2.86 bits per heavy atom. The Morgan fingerprint density at radius 2 is 2.29 bits per heavy atom. The number of halogens is 1. The Balaban J connectivity index is 2.39. The van der Waals surface area contributed by atoms with Crippen LogP contribution in [-0.2, 0) is 0 Å². The van der Waals surface area contributed by atoms with Gasteiger partial charge in [0.15, 0.2) is 0 Å². The molecule has 2 aromatic rings. The van der Waals surface area contributed by atoms with Crippen molar-refractivity contribution in [3.8, 4) is 0 Å². The van der Waals surface area contributed by atoms with Gasteiger partial charge >= 0.3 is 0 Å². The summed E-state index contributed by atoms with van der Waals surface area (Å²) in [6.45, 7) is 0. The van der Waals surface area contributed by atoms with E-state index in [0.29, 0.717) is 15.6 Å². The lowest BCUT2D eigenvalue weighted by atomic mass is 10.2. The molecule has 0 saturated carbocycles. The fourth-order valence-electron chi connectivity index (χ4n) is 1.01. The standard InChI is InChI=1S/C9H5ClN2OS/c10-9-6(1-4-14-9)8(13)7-5-11-2-3-12-7/h1-5H. The second kappa shape index (κ2) is 3.86. The first-order valence-electron chi connectivity index (χ1n) is 3.83. The van der Waals surface area contributed by atoms with Crippen molar-refractivity contribution >= 4 is 28.7 Å². The lowest BCUT2D eigenvalue weighted by Crippen LogP contribution is -2.03. The summed E-state index contributed by atoms with van der Waals surface area (Å²) < 4.78 is 0.487. The molecule has 0 atom stereocenters. The van der Waals surface area contributed by atoms with Crippen LogP contribution >= 0.6 is 22.9 Å². The molecule has 2 heterocycles. The van der Waals surface area contributed by atoms with Gasteiger partial charge in [0.1, 0.15) is 10.0 Å². The summed E-state index contributed by atoms with van der Waals surface area (Å²) in [5, 5.41) is 1.77. The average molecular weight is 225 g/mol. The number of aromatic nitrogens is 2. The predicted molar refractivity (Wildman–Crippen MR) is 54.8 cm³/mol. The van der Waals surface area contributed by atoms with Gasteiger partial charge in [0, 0.05) is 12.4 Å². The number of ketones is 1. The Hall–Kier alpha value is -1.26. The monoisotopic (exact) mass is 224 g/mol. The smallest absolute Gasteiger partial charge is 0.215 e. The number of nitrogens with zero attached hydrogens (tertiary/aromatic N) is 2. The molecule has 0 aliphatic rings. The summed E-state index contributed by atoms with van der Waals surface area (Å²) in [4.78, 5) is 19.5. The molecule has 0 fully saturated rings. The van der Waals surface area contributed by atoms with Crippen LogP contribution in [0.1, 0.15) is 16.1 Å². The van der Waals surface area contributed by atoms with Gasteiger partial charge in [-0.2, -0.15) is 0 Å². The molecule has 3 nitrogen and oxygen atoms in total. The lowest BCUT2D eigenvalue weighted by Gasteiger charge is -1.96. The molecule has 70 valence electrons. The van der Waals surface area contributed by atoms with E-state index >= 15 is 0 Å². The van der Waals surface area contributed by atoms with Crippen LogP contribution < -0.4 is 0 Å². The number of carbonyl (C=O) groups excluding carboxylic acids is 1. The molecule has 0 amide bonds. The number of hydrogen-bond donors (Lipinski definition) is 0. The van der Waals surface area contributed by atoms with E-state index in [2.05, 4.69) is 9.97 Å². The zero-order valence-electron chi connectivity index (χ0n) is 6.98. The van der Waals surface area contributed by atoms with Gasteiger partial charge in [0.2, 0.25) is 5.78 Å². The van der Waals surface area contributed by atoms with Crippen LogP contribution in [0.25, 0.3) is 0 Å². The van der Waals surface area contributed by atoms with E-state index in [1.165, 1.54) is 29.9 Å². The van der Waals surface area contributed by atoms with E-state index in [4.69, 9.17) is 11.6 Å². The average Bonchev–Trinajstić information content (AvgIpc) is 2.65. The Bertz CT molecular complexity index is 455. The summed E-state index contributed by atoms with van der Waals surface area (Å²) in [6.07, 6.45) is 4.43. The number of hydrogen-bond acceptors (Lipinski definition) is 4. The quantitative estimate of drug-likeness (QED) is 0.736. The van der Waals surface area contributed by atoms with Gasteiger partial charge < -0.3 is 0 Å². The van der Waals surface area contributed by atoms with Crippen LogP contribution in [0.3, 0.4) is 0 Å². The van der Waals surface area contributed by atoms with Gasteiger partial charge in [-0.25, -0.2) is 4.98 Å². The third-order valence-electron chi connectivity index (χ3n) is 1.66. The van der Waals surface area contributed by atoms with E-state index in [-0.39, 0.29) is 5.78 Å². The molecule has 0 N–H and O–H groups in total. The molecule has 0 bridgehead atoms. The van der Waals surface area contributed by atoms with Gasteiger partial charge in [0.25, 0.3) is 0 Å². The van der Waals surface area contributed by atoms with Crippen molar-refractivity contribution in [1.82, 2.24) is 9.97 Å². The van der Waals surface area contributed by atoms with E-state index in [1.807, 2.05) is 0 Å². The molecule has 0 aliphatic carbocycles. The fraction of sp³-hybridized carbons (Fsp3) is 0. The maximum absolute atomic E-state index is 11.7. The van der Waals surface area contributed by atoms with Crippen LogP contribution in [0.5, 0.6) is 0 Å². The molecule has 0 saturated heterocycles. The minimum absolute atomic E-state index is 0.190. The van der Waals surface area contributed by atoms with Crippen molar-refractivity contribution in [3.05, 3.63) is 45.6 Å². The molecule has 0 radical (unpaired) electrons. The van der Waals surface area contributed by atoms with Crippen molar-refractivity contribution in [1.29, 1.82) is 0 Å². The summed E-state index contributed by atoms with van der Waals surface area (Å²) in [6, 6.07) is 1.68. The van der Waals surface area contributed by atoms with Crippen LogP contribution in [0.15, 0.2) is 30.0 Å². The van der Waals surface area contributed by atoms with Crippen molar-refractivity contribution in [2.45, 2.75) is 0 Å². The summed E-state index contributed by atoms with van der Waals surface area (Å²) in [5.74, 6) is -0.190. The lowest BCUT2D eigenvalue weighted by molar-refractivity contribution is 0.103. The molecule has 0 spiro atoms. The molecule has 5 heteroatoms. The third-order valence-corrected chi connectivity index (χ3v) is 2.83. The van der Waals surface area contributed by atoms with Crippen molar-refractivity contribution < 1.29 is 4.79 Å². The maximum atomic E-state index is 11.7. The first kappa shape index (κ1) is 9.30. The number of thiophene rings is 1. The van der Waals surface area contributed by atoms with Crippen LogP contribution in [0.2, 0.25) is 4.34 Å². The molecular weight excluding hydrogens is 220 g/mol. The topological polar surface area (TPSA) is 42.9 Å². The molecule has 0 aliphatic heterocycles. The minimum atomic E-state index is -0.190. The SMILES string of the molecule is O=C(c1cnccn1)c1ccsc1Cl. The predicted octanol–water partition coefficient (Wildman–Crippen LogP) is 2.42. The van der Waals surface area contributed by atoms with Gasteiger partial charge in [-0.3, -0.25) is 9.78 Å². The van der Waals surface area contributed by atoms with Gasteiger partial charge in [-0.15, -0.1) is 11.3 Å². The fourth-order valence-corrected chi connectivity index (χ4v) is 1.92. The largest absolute Gasteiger partial charge is 0.287 e. The van der Waals surface area contributed by atoms with Crippen molar-refractivity contribution in [3.63, 3.8) is 0 Å². The first-order chi connectivity index (χ1) is 6.79. The molecule has 0 aromatic carbocycles. The third kappa shape index (κ3) is 1.66.